The summed E-state index contributed by atoms with van der Waals surface area (Å²) in [5, 5.41) is 11.4. The number of nitrogens with zero attached hydrogens (tertiary/aromatic N) is 1. The van der Waals surface area contributed by atoms with Crippen molar-refractivity contribution in [2.75, 3.05) is 26.2 Å². The fourth-order valence-corrected chi connectivity index (χ4v) is 1.07. The first-order chi connectivity index (χ1) is 7.88. The molecule has 0 fully saturated rings. The number of hydrogen-bond acceptors (Lipinski definition) is 5. The second-order valence-corrected chi connectivity index (χ2v) is 4.16. The van der Waals surface area contributed by atoms with Crippen LogP contribution in [-0.2, 0) is 32.0 Å². The SMILES string of the molecule is CC(S)C(=O)NCC(=O)[O-].CCN(CC)CC.[Au+]. The summed E-state index contributed by atoms with van der Waals surface area (Å²) in [6.07, 6.45) is 0. The number of carboxylic acids is 1. The van der Waals surface area contributed by atoms with Crippen LogP contribution in [0.1, 0.15) is 27.7 Å². The van der Waals surface area contributed by atoms with Crippen molar-refractivity contribution in [2.45, 2.75) is 32.9 Å². The van der Waals surface area contributed by atoms with E-state index in [1.54, 1.807) is 6.92 Å². The van der Waals surface area contributed by atoms with Crippen molar-refractivity contribution < 1.29 is 37.1 Å². The van der Waals surface area contributed by atoms with Gasteiger partial charge in [-0.25, -0.2) is 0 Å². The number of amides is 1. The Morgan fingerprint density at radius 3 is 1.78 bits per heavy atom. The van der Waals surface area contributed by atoms with Crippen molar-refractivity contribution in [3.63, 3.8) is 0 Å². The van der Waals surface area contributed by atoms with Gasteiger partial charge in [-0.05, 0) is 26.6 Å². The van der Waals surface area contributed by atoms with Crippen molar-refractivity contribution in [1.29, 1.82) is 0 Å². The molecule has 18 heavy (non-hydrogen) atoms. The van der Waals surface area contributed by atoms with Gasteiger partial charge in [0.05, 0.1) is 17.8 Å². The van der Waals surface area contributed by atoms with E-state index in [0.29, 0.717) is 0 Å². The van der Waals surface area contributed by atoms with Gasteiger partial charge in [0.15, 0.2) is 0 Å². The number of hydrogen-bond donors (Lipinski definition) is 2. The molecule has 0 aromatic heterocycles. The Hall–Kier alpha value is -0.00974. The van der Waals surface area contributed by atoms with Crippen LogP contribution in [0.4, 0.5) is 0 Å². The summed E-state index contributed by atoms with van der Waals surface area (Å²) >= 11 is 3.77. The first kappa shape index (κ1) is 23.1. The predicted molar refractivity (Wildman–Crippen MR) is 69.9 cm³/mol. The molecule has 5 nitrogen and oxygen atoms in total. The fourth-order valence-electron chi connectivity index (χ4n) is 0.978. The summed E-state index contributed by atoms with van der Waals surface area (Å²) in [5.41, 5.74) is 0. The first-order valence-corrected chi connectivity index (χ1v) is 6.28. The second-order valence-electron chi connectivity index (χ2n) is 3.39. The maximum absolute atomic E-state index is 10.6. The minimum atomic E-state index is -1.30. The minimum Gasteiger partial charge on any atom is -0.548 e. The van der Waals surface area contributed by atoms with Crippen LogP contribution in [-0.4, -0.2) is 48.2 Å². The zero-order chi connectivity index (χ0) is 13.8. The van der Waals surface area contributed by atoms with Gasteiger partial charge in [0, 0.05) is 0 Å². The van der Waals surface area contributed by atoms with Gasteiger partial charge in [0.2, 0.25) is 5.91 Å². The van der Waals surface area contributed by atoms with Gasteiger partial charge in [-0.3, -0.25) is 4.79 Å². The smallest absolute Gasteiger partial charge is 0.548 e. The Labute approximate surface area is 131 Å². The molecule has 1 atom stereocenters. The van der Waals surface area contributed by atoms with Crippen LogP contribution in [0.15, 0.2) is 0 Å². The van der Waals surface area contributed by atoms with E-state index in [9.17, 15) is 14.7 Å². The molecule has 0 aromatic carbocycles. The van der Waals surface area contributed by atoms with Gasteiger partial charge >= 0.3 is 22.4 Å². The summed E-state index contributed by atoms with van der Waals surface area (Å²) in [6.45, 7) is 11.2. The van der Waals surface area contributed by atoms with E-state index in [-0.39, 0.29) is 22.4 Å². The van der Waals surface area contributed by atoms with Crippen LogP contribution < -0.4 is 10.4 Å². The molecule has 0 saturated heterocycles. The third-order valence-electron chi connectivity index (χ3n) is 2.13. The second kappa shape index (κ2) is 15.0. The van der Waals surface area contributed by atoms with Crippen LogP contribution in [0.5, 0.6) is 0 Å². The third kappa shape index (κ3) is 16.0. The summed E-state index contributed by atoms with van der Waals surface area (Å²) in [5.74, 6) is -1.71. The Balaban J connectivity index is -0.000000251. The molecule has 0 spiro atoms. The molecule has 0 heterocycles. The van der Waals surface area contributed by atoms with E-state index >= 15 is 0 Å². The van der Waals surface area contributed by atoms with Crippen molar-refractivity contribution >= 4 is 24.5 Å². The molecule has 112 valence electrons. The van der Waals surface area contributed by atoms with Crippen LogP contribution in [0, 0.1) is 0 Å². The van der Waals surface area contributed by atoms with Gasteiger partial charge < -0.3 is 20.1 Å². The quantitative estimate of drug-likeness (QED) is 0.415. The molecule has 1 unspecified atom stereocenters. The Morgan fingerprint density at radius 1 is 1.22 bits per heavy atom. The monoisotopic (exact) mass is 460 g/mol. The standard InChI is InChI=1S/C6H15N.C5H9NO3S.Au/c1-4-7(5-2)6-3;1-3(10)5(9)6-2-4(7)8;/h4-6H2,1-3H3;3,10H,2H2,1H3,(H,6,9)(H,7,8);/q;;+1/p-1. The minimum absolute atomic E-state index is 0. The first-order valence-electron chi connectivity index (χ1n) is 5.76. The number of carboxylic acid groups (broad SMARTS) is 1. The maximum Gasteiger partial charge on any atom is 1.00 e. The molecule has 0 aromatic rings. The molecular weight excluding hydrogens is 437 g/mol. The molecule has 1 N–H and O–H groups in total. The van der Waals surface area contributed by atoms with E-state index in [1.807, 2.05) is 0 Å². The zero-order valence-electron chi connectivity index (χ0n) is 11.3. The topological polar surface area (TPSA) is 72.5 Å². The maximum atomic E-state index is 10.6. The van der Waals surface area contributed by atoms with E-state index < -0.39 is 23.7 Å². The van der Waals surface area contributed by atoms with E-state index in [1.165, 1.54) is 19.6 Å². The Morgan fingerprint density at radius 2 is 1.61 bits per heavy atom. The number of rotatable bonds is 6. The molecule has 0 rings (SSSR count). The molecular formula is C11H23AuN2O3S. The average molecular weight is 460 g/mol. The van der Waals surface area contributed by atoms with Crippen LogP contribution >= 0.6 is 12.6 Å². The fraction of sp³-hybridized carbons (Fsp3) is 0.818. The van der Waals surface area contributed by atoms with E-state index in [0.717, 1.165) is 0 Å². The molecule has 0 bridgehead atoms. The number of thiol groups is 1. The van der Waals surface area contributed by atoms with Gasteiger partial charge in [0.25, 0.3) is 0 Å². The zero-order valence-corrected chi connectivity index (χ0v) is 14.4. The van der Waals surface area contributed by atoms with Crippen molar-refractivity contribution in [2.24, 2.45) is 0 Å². The molecule has 0 radical (unpaired) electrons. The predicted octanol–water partition coefficient (Wildman–Crippen LogP) is -0.484. The van der Waals surface area contributed by atoms with Crippen molar-refractivity contribution in [1.82, 2.24) is 10.2 Å². The molecule has 0 saturated carbocycles. The number of carbonyl (C=O) groups is 2. The van der Waals surface area contributed by atoms with Crippen molar-refractivity contribution in [3.8, 4) is 0 Å². The molecule has 0 aliphatic carbocycles. The van der Waals surface area contributed by atoms with Gasteiger partial charge in [-0.15, -0.1) is 0 Å². The van der Waals surface area contributed by atoms with E-state index in [2.05, 4.69) is 43.6 Å². The Kier molecular flexibility index (Phi) is 19.3. The molecule has 0 aliphatic rings. The van der Waals surface area contributed by atoms with Crippen LogP contribution in [0.25, 0.3) is 0 Å². The summed E-state index contributed by atoms with van der Waals surface area (Å²) in [7, 11) is 0. The summed E-state index contributed by atoms with van der Waals surface area (Å²) in [4.78, 5) is 22.7. The van der Waals surface area contributed by atoms with Crippen molar-refractivity contribution in [3.05, 3.63) is 0 Å². The van der Waals surface area contributed by atoms with Gasteiger partial charge in [-0.1, -0.05) is 20.8 Å². The average Bonchev–Trinajstić information content (AvgIpc) is 2.28. The number of carbonyl (C=O) groups excluding carboxylic acids is 2. The molecule has 7 heteroatoms. The number of aliphatic carboxylic acids is 1. The summed E-state index contributed by atoms with van der Waals surface area (Å²) < 4.78 is 0. The number of nitrogens with one attached hydrogen (secondary N) is 1. The van der Waals surface area contributed by atoms with E-state index in [4.69, 9.17) is 0 Å². The largest absolute Gasteiger partial charge is 1.00 e. The molecule has 0 aliphatic heterocycles. The molecule has 1 amide bonds. The summed E-state index contributed by atoms with van der Waals surface area (Å²) in [6, 6.07) is 0. The van der Waals surface area contributed by atoms with Gasteiger partial charge in [-0.2, -0.15) is 12.6 Å². The third-order valence-corrected chi connectivity index (χ3v) is 2.36. The van der Waals surface area contributed by atoms with Crippen LogP contribution in [0.2, 0.25) is 0 Å². The van der Waals surface area contributed by atoms with Gasteiger partial charge in [0.1, 0.15) is 0 Å². The normalized spacial score (nSPS) is 10.8. The van der Waals surface area contributed by atoms with Crippen LogP contribution in [0.3, 0.4) is 0 Å². The Bertz CT molecular complexity index is 219.